The first kappa shape index (κ1) is 8.28. The smallest absolute Gasteiger partial charge is 0.133 e. The standard InChI is InChI=1S/C11H18O/c1-8-5-6-9-3-2-4-10(12)7-11(8)9/h8-9,11H,2-7H2,1H3/t8-,9?,11-/m0/s1. The molecule has 2 fully saturated rings. The molecule has 0 aromatic carbocycles. The van der Waals surface area contributed by atoms with Gasteiger partial charge in [0.1, 0.15) is 5.78 Å². The molecule has 1 unspecified atom stereocenters. The van der Waals surface area contributed by atoms with E-state index in [2.05, 4.69) is 6.92 Å². The van der Waals surface area contributed by atoms with E-state index in [0.717, 1.165) is 37.0 Å². The van der Waals surface area contributed by atoms with Crippen LogP contribution in [0.5, 0.6) is 0 Å². The number of carbonyl (C=O) groups is 1. The molecule has 0 amide bonds. The first-order chi connectivity index (χ1) is 5.77. The molecular formula is C11H18O. The van der Waals surface area contributed by atoms with Crippen molar-refractivity contribution in [2.24, 2.45) is 17.8 Å². The SMILES string of the molecule is C[C@H]1CCC2CCCC(=O)C[C@H]21. The highest BCUT2D eigenvalue weighted by molar-refractivity contribution is 5.78. The minimum absolute atomic E-state index is 0.524. The molecule has 12 heavy (non-hydrogen) atoms. The lowest BCUT2D eigenvalue weighted by Gasteiger charge is -2.18. The fourth-order valence-corrected chi connectivity index (χ4v) is 3.02. The Bertz CT molecular complexity index is 185. The summed E-state index contributed by atoms with van der Waals surface area (Å²) in [6.07, 6.45) is 6.99. The first-order valence-electron chi connectivity index (χ1n) is 5.29. The highest BCUT2D eigenvalue weighted by atomic mass is 16.1. The van der Waals surface area contributed by atoms with Crippen LogP contribution < -0.4 is 0 Å². The molecule has 0 N–H and O–H groups in total. The highest BCUT2D eigenvalue weighted by Gasteiger charge is 2.35. The fraction of sp³-hybridized carbons (Fsp3) is 0.909. The quantitative estimate of drug-likeness (QED) is 0.541. The largest absolute Gasteiger partial charge is 0.300 e. The van der Waals surface area contributed by atoms with Crippen molar-refractivity contribution in [2.45, 2.75) is 45.4 Å². The van der Waals surface area contributed by atoms with Crippen LogP contribution in [0.1, 0.15) is 45.4 Å². The van der Waals surface area contributed by atoms with Gasteiger partial charge >= 0.3 is 0 Å². The van der Waals surface area contributed by atoms with Gasteiger partial charge in [-0.3, -0.25) is 4.79 Å². The molecule has 0 bridgehead atoms. The number of Topliss-reactive ketones (excluding diaryl/α,β-unsaturated/α-hetero) is 1. The Morgan fingerprint density at radius 2 is 2.08 bits per heavy atom. The number of hydrogen-bond acceptors (Lipinski definition) is 1. The van der Waals surface area contributed by atoms with Crippen LogP contribution >= 0.6 is 0 Å². The van der Waals surface area contributed by atoms with Gasteiger partial charge in [0, 0.05) is 12.8 Å². The fourth-order valence-electron chi connectivity index (χ4n) is 3.02. The van der Waals surface area contributed by atoms with Crippen LogP contribution in [0.3, 0.4) is 0 Å². The number of hydrogen-bond donors (Lipinski definition) is 0. The van der Waals surface area contributed by atoms with E-state index < -0.39 is 0 Å². The third kappa shape index (κ3) is 1.41. The van der Waals surface area contributed by atoms with E-state index in [1.54, 1.807) is 0 Å². The van der Waals surface area contributed by atoms with Gasteiger partial charge in [-0.05, 0) is 37.0 Å². The van der Waals surface area contributed by atoms with E-state index in [1.165, 1.54) is 19.3 Å². The van der Waals surface area contributed by atoms with Crippen LogP contribution in [-0.4, -0.2) is 5.78 Å². The molecule has 0 aliphatic heterocycles. The normalized spacial score (nSPS) is 42.4. The lowest BCUT2D eigenvalue weighted by molar-refractivity contribution is -0.119. The Balaban J connectivity index is 2.08. The summed E-state index contributed by atoms with van der Waals surface area (Å²) in [6.45, 7) is 2.32. The monoisotopic (exact) mass is 166 g/mol. The molecular weight excluding hydrogens is 148 g/mol. The van der Waals surface area contributed by atoms with Crippen LogP contribution in [-0.2, 0) is 4.79 Å². The summed E-state index contributed by atoms with van der Waals surface area (Å²) in [5.41, 5.74) is 0. The van der Waals surface area contributed by atoms with E-state index >= 15 is 0 Å². The molecule has 0 aromatic rings. The van der Waals surface area contributed by atoms with Crippen LogP contribution in [0.15, 0.2) is 0 Å². The van der Waals surface area contributed by atoms with Gasteiger partial charge in [-0.15, -0.1) is 0 Å². The molecule has 0 aromatic heterocycles. The number of ketones is 1. The van der Waals surface area contributed by atoms with E-state index in [-0.39, 0.29) is 0 Å². The van der Waals surface area contributed by atoms with E-state index in [4.69, 9.17) is 0 Å². The predicted molar refractivity (Wildman–Crippen MR) is 48.9 cm³/mol. The summed E-state index contributed by atoms with van der Waals surface area (Å²) in [7, 11) is 0. The van der Waals surface area contributed by atoms with Gasteiger partial charge in [-0.1, -0.05) is 13.3 Å². The molecule has 0 radical (unpaired) electrons. The first-order valence-corrected chi connectivity index (χ1v) is 5.29. The van der Waals surface area contributed by atoms with Gasteiger partial charge in [0.05, 0.1) is 0 Å². The Morgan fingerprint density at radius 3 is 2.92 bits per heavy atom. The highest BCUT2D eigenvalue weighted by Crippen LogP contribution is 2.43. The third-order valence-electron chi connectivity index (χ3n) is 3.82. The molecule has 0 heterocycles. The maximum atomic E-state index is 11.4. The van der Waals surface area contributed by atoms with E-state index in [0.29, 0.717) is 5.78 Å². The molecule has 3 atom stereocenters. The molecule has 2 aliphatic rings. The maximum absolute atomic E-state index is 11.4. The van der Waals surface area contributed by atoms with E-state index in [9.17, 15) is 4.79 Å². The van der Waals surface area contributed by atoms with Crippen molar-refractivity contribution in [2.75, 3.05) is 0 Å². The molecule has 2 aliphatic carbocycles. The third-order valence-corrected chi connectivity index (χ3v) is 3.82. The van der Waals surface area contributed by atoms with Crippen molar-refractivity contribution in [3.8, 4) is 0 Å². The van der Waals surface area contributed by atoms with Crippen LogP contribution in [0, 0.1) is 17.8 Å². The van der Waals surface area contributed by atoms with Gasteiger partial charge in [-0.2, -0.15) is 0 Å². The summed E-state index contributed by atoms with van der Waals surface area (Å²) in [6, 6.07) is 0. The molecule has 1 heteroatoms. The Morgan fingerprint density at radius 1 is 1.25 bits per heavy atom. The Kier molecular flexibility index (Phi) is 2.20. The maximum Gasteiger partial charge on any atom is 0.133 e. The van der Waals surface area contributed by atoms with Crippen molar-refractivity contribution in [3.05, 3.63) is 0 Å². The number of rotatable bonds is 0. The molecule has 0 spiro atoms. The number of carbonyl (C=O) groups excluding carboxylic acids is 1. The van der Waals surface area contributed by atoms with Crippen LogP contribution in [0.4, 0.5) is 0 Å². The Hall–Kier alpha value is -0.330. The lowest BCUT2D eigenvalue weighted by atomic mass is 9.86. The molecule has 1 nitrogen and oxygen atoms in total. The summed E-state index contributed by atoms with van der Waals surface area (Å²) >= 11 is 0. The summed E-state index contributed by atoms with van der Waals surface area (Å²) in [5.74, 6) is 2.99. The number of fused-ring (bicyclic) bond motifs is 1. The van der Waals surface area contributed by atoms with Crippen LogP contribution in [0.25, 0.3) is 0 Å². The van der Waals surface area contributed by atoms with Crippen molar-refractivity contribution < 1.29 is 4.79 Å². The van der Waals surface area contributed by atoms with Gasteiger partial charge < -0.3 is 0 Å². The average Bonchev–Trinajstić information content (AvgIpc) is 2.31. The predicted octanol–water partition coefficient (Wildman–Crippen LogP) is 2.79. The summed E-state index contributed by atoms with van der Waals surface area (Å²) in [4.78, 5) is 11.4. The van der Waals surface area contributed by atoms with Gasteiger partial charge in [0.2, 0.25) is 0 Å². The second-order valence-electron chi connectivity index (χ2n) is 4.61. The second kappa shape index (κ2) is 3.20. The van der Waals surface area contributed by atoms with Crippen LogP contribution in [0.2, 0.25) is 0 Å². The zero-order chi connectivity index (χ0) is 8.55. The molecule has 2 saturated carbocycles. The topological polar surface area (TPSA) is 17.1 Å². The summed E-state index contributed by atoms with van der Waals surface area (Å²) < 4.78 is 0. The van der Waals surface area contributed by atoms with Crippen molar-refractivity contribution >= 4 is 5.78 Å². The lowest BCUT2D eigenvalue weighted by Crippen LogP contribution is -2.14. The van der Waals surface area contributed by atoms with Crippen molar-refractivity contribution in [1.29, 1.82) is 0 Å². The van der Waals surface area contributed by atoms with Gasteiger partial charge in [0.25, 0.3) is 0 Å². The van der Waals surface area contributed by atoms with Gasteiger partial charge in [0.15, 0.2) is 0 Å². The second-order valence-corrected chi connectivity index (χ2v) is 4.61. The zero-order valence-electron chi connectivity index (χ0n) is 7.88. The molecule has 68 valence electrons. The summed E-state index contributed by atoms with van der Waals surface area (Å²) in [5, 5.41) is 0. The zero-order valence-corrected chi connectivity index (χ0v) is 7.88. The average molecular weight is 166 g/mol. The molecule has 0 saturated heterocycles. The minimum Gasteiger partial charge on any atom is -0.300 e. The van der Waals surface area contributed by atoms with E-state index in [1.807, 2.05) is 0 Å². The Labute approximate surface area is 74.5 Å². The van der Waals surface area contributed by atoms with Crippen molar-refractivity contribution in [3.63, 3.8) is 0 Å². The molecule has 2 rings (SSSR count). The van der Waals surface area contributed by atoms with Gasteiger partial charge in [-0.25, -0.2) is 0 Å². The van der Waals surface area contributed by atoms with Crippen molar-refractivity contribution in [1.82, 2.24) is 0 Å². The minimum atomic E-state index is 0.524.